The van der Waals surface area contributed by atoms with Gasteiger partial charge in [-0.1, -0.05) is 49.2 Å². The lowest BCUT2D eigenvalue weighted by molar-refractivity contribution is -0.124. The largest absolute Gasteiger partial charge is 0.350 e. The average molecular weight is 481 g/mol. The van der Waals surface area contributed by atoms with E-state index in [9.17, 15) is 13.2 Å². The van der Waals surface area contributed by atoms with Crippen molar-refractivity contribution in [3.63, 3.8) is 0 Å². The molecule has 5 rings (SSSR count). The standard InChI is InChI=1S/C26H32N4O3S/c31-26(27-18-20-11-13-21(14-12-20)19-29-15-5-1-2-6-16-29)23-9-7-17-30(23)25-22-8-3-4-10-24(22)34(32,33)28-25/h3-4,8,10-14,23H,1-2,5-7,9,15-19H2,(H,27,31)/t23-/m0/s1. The van der Waals surface area contributed by atoms with Crippen LogP contribution >= 0.6 is 0 Å². The Kier molecular flexibility index (Phi) is 6.70. The van der Waals surface area contributed by atoms with Crippen LogP contribution in [0.1, 0.15) is 55.2 Å². The van der Waals surface area contributed by atoms with Crippen molar-refractivity contribution in [2.75, 3.05) is 19.6 Å². The number of rotatable bonds is 5. The van der Waals surface area contributed by atoms with E-state index in [1.165, 1.54) is 44.3 Å². The van der Waals surface area contributed by atoms with Gasteiger partial charge in [-0.3, -0.25) is 9.69 Å². The zero-order valence-electron chi connectivity index (χ0n) is 19.4. The van der Waals surface area contributed by atoms with Crippen LogP contribution in [0.15, 0.2) is 57.8 Å². The number of carbonyl (C=O) groups is 1. The van der Waals surface area contributed by atoms with Gasteiger partial charge in [0, 0.05) is 25.2 Å². The SMILES string of the molecule is O=C(NCc1ccc(CN2CCCCCC2)cc1)[C@@H]1CCCN1C1=NS(=O)(=O)c2ccccc21. The second-order valence-electron chi connectivity index (χ2n) is 9.46. The van der Waals surface area contributed by atoms with Gasteiger partial charge >= 0.3 is 0 Å². The van der Waals surface area contributed by atoms with Crippen LogP contribution in [-0.2, 0) is 27.9 Å². The van der Waals surface area contributed by atoms with E-state index in [1.54, 1.807) is 24.3 Å². The molecule has 0 unspecified atom stereocenters. The van der Waals surface area contributed by atoms with Gasteiger partial charge in [0.25, 0.3) is 10.0 Å². The van der Waals surface area contributed by atoms with Crippen LogP contribution < -0.4 is 5.32 Å². The topological polar surface area (TPSA) is 82.1 Å². The van der Waals surface area contributed by atoms with Crippen LogP contribution in [0.3, 0.4) is 0 Å². The highest BCUT2D eigenvalue weighted by Gasteiger charge is 2.39. The molecule has 3 aliphatic rings. The van der Waals surface area contributed by atoms with Crippen LogP contribution in [0.4, 0.5) is 0 Å². The number of nitrogens with one attached hydrogen (secondary N) is 1. The first kappa shape index (κ1) is 23.1. The Hall–Kier alpha value is -2.71. The van der Waals surface area contributed by atoms with Crippen molar-refractivity contribution in [1.29, 1.82) is 0 Å². The number of benzene rings is 2. The fraction of sp³-hybridized carbons (Fsp3) is 0.462. The summed E-state index contributed by atoms with van der Waals surface area (Å²) in [6.07, 6.45) is 6.75. The summed E-state index contributed by atoms with van der Waals surface area (Å²) in [6.45, 7) is 4.40. The summed E-state index contributed by atoms with van der Waals surface area (Å²) >= 11 is 0. The van der Waals surface area contributed by atoms with Gasteiger partial charge in [0.05, 0.1) is 0 Å². The molecule has 2 saturated heterocycles. The number of amides is 1. The molecule has 1 amide bonds. The first-order valence-electron chi connectivity index (χ1n) is 12.3. The summed E-state index contributed by atoms with van der Waals surface area (Å²) in [5.41, 5.74) is 2.95. The third-order valence-corrected chi connectivity index (χ3v) is 8.36. The summed E-state index contributed by atoms with van der Waals surface area (Å²) < 4.78 is 28.9. The number of carbonyl (C=O) groups excluding carboxylic acids is 1. The van der Waals surface area contributed by atoms with E-state index in [4.69, 9.17) is 0 Å². The lowest BCUT2D eigenvalue weighted by Gasteiger charge is -2.25. The molecule has 7 nitrogen and oxygen atoms in total. The van der Waals surface area contributed by atoms with E-state index in [-0.39, 0.29) is 10.8 Å². The Bertz CT molecular complexity index is 1170. The normalized spacial score (nSPS) is 22.2. The van der Waals surface area contributed by atoms with Crippen molar-refractivity contribution in [2.24, 2.45) is 4.40 Å². The Morgan fingerprint density at radius 2 is 1.62 bits per heavy atom. The van der Waals surface area contributed by atoms with Gasteiger partial charge in [0.15, 0.2) is 5.84 Å². The maximum atomic E-state index is 13.1. The molecular formula is C26H32N4O3S. The molecule has 3 heterocycles. The van der Waals surface area contributed by atoms with Crippen molar-refractivity contribution >= 4 is 21.8 Å². The van der Waals surface area contributed by atoms with E-state index in [1.807, 2.05) is 4.90 Å². The van der Waals surface area contributed by atoms with E-state index >= 15 is 0 Å². The third kappa shape index (κ3) is 4.88. The summed E-state index contributed by atoms with van der Waals surface area (Å²) in [5, 5.41) is 3.05. The molecule has 1 atom stereocenters. The summed E-state index contributed by atoms with van der Waals surface area (Å²) in [6, 6.07) is 14.9. The number of sulfonamides is 1. The zero-order chi connectivity index (χ0) is 23.5. The fourth-order valence-corrected chi connectivity index (χ4v) is 6.43. The van der Waals surface area contributed by atoms with Crippen molar-refractivity contribution in [3.05, 3.63) is 65.2 Å². The first-order valence-corrected chi connectivity index (χ1v) is 13.7. The molecule has 0 spiro atoms. The van der Waals surface area contributed by atoms with Gasteiger partial charge in [-0.2, -0.15) is 8.42 Å². The highest BCUT2D eigenvalue weighted by Crippen LogP contribution is 2.31. The molecule has 2 aromatic carbocycles. The zero-order valence-corrected chi connectivity index (χ0v) is 20.3. The van der Waals surface area contributed by atoms with Gasteiger partial charge in [-0.15, -0.1) is 4.40 Å². The Morgan fingerprint density at radius 1 is 0.912 bits per heavy atom. The predicted octanol–water partition coefficient (Wildman–Crippen LogP) is 3.29. The third-order valence-electron chi connectivity index (χ3n) is 7.03. The molecular weight excluding hydrogens is 448 g/mol. The van der Waals surface area contributed by atoms with Crippen LogP contribution in [0.25, 0.3) is 0 Å². The summed E-state index contributed by atoms with van der Waals surface area (Å²) in [4.78, 5) is 17.7. The van der Waals surface area contributed by atoms with E-state index in [2.05, 4.69) is 38.9 Å². The monoisotopic (exact) mass is 480 g/mol. The molecule has 0 radical (unpaired) electrons. The minimum atomic E-state index is -3.70. The molecule has 2 fully saturated rings. The highest BCUT2D eigenvalue weighted by atomic mass is 32.2. The van der Waals surface area contributed by atoms with E-state index in [0.717, 1.165) is 18.5 Å². The van der Waals surface area contributed by atoms with Crippen LogP contribution in [0.2, 0.25) is 0 Å². The average Bonchev–Trinajstić information content (AvgIpc) is 3.33. The maximum absolute atomic E-state index is 13.1. The fourth-order valence-electron chi connectivity index (χ4n) is 5.21. The Morgan fingerprint density at radius 3 is 2.38 bits per heavy atom. The van der Waals surface area contributed by atoms with E-state index < -0.39 is 16.1 Å². The lowest BCUT2D eigenvalue weighted by atomic mass is 10.1. The molecule has 0 aromatic heterocycles. The molecule has 8 heteroatoms. The number of likely N-dealkylation sites (tertiary alicyclic amines) is 2. The molecule has 1 N–H and O–H groups in total. The van der Waals surface area contributed by atoms with Gasteiger partial charge < -0.3 is 10.2 Å². The molecule has 0 saturated carbocycles. The predicted molar refractivity (Wildman–Crippen MR) is 132 cm³/mol. The second-order valence-corrected chi connectivity index (χ2v) is 11.0. The Balaban J connectivity index is 1.20. The smallest absolute Gasteiger partial charge is 0.285 e. The Labute approximate surface area is 201 Å². The number of fused-ring (bicyclic) bond motifs is 1. The van der Waals surface area contributed by atoms with Gasteiger partial charge in [0.2, 0.25) is 5.91 Å². The van der Waals surface area contributed by atoms with Crippen molar-refractivity contribution in [1.82, 2.24) is 15.1 Å². The van der Waals surface area contributed by atoms with Crippen molar-refractivity contribution in [2.45, 2.75) is 62.6 Å². The van der Waals surface area contributed by atoms with Gasteiger partial charge in [-0.05, 0) is 62.0 Å². The molecule has 180 valence electrons. The summed E-state index contributed by atoms with van der Waals surface area (Å²) in [7, 11) is -3.70. The van der Waals surface area contributed by atoms with Gasteiger partial charge in [-0.25, -0.2) is 0 Å². The second kappa shape index (κ2) is 9.88. The number of hydrogen-bond acceptors (Lipinski definition) is 5. The molecule has 2 aromatic rings. The number of hydrogen-bond donors (Lipinski definition) is 1. The number of amidine groups is 1. The van der Waals surface area contributed by atoms with E-state index in [0.29, 0.717) is 30.9 Å². The van der Waals surface area contributed by atoms with Crippen molar-refractivity contribution in [3.8, 4) is 0 Å². The minimum absolute atomic E-state index is 0.0874. The lowest BCUT2D eigenvalue weighted by Crippen LogP contribution is -2.45. The van der Waals surface area contributed by atoms with Crippen molar-refractivity contribution < 1.29 is 13.2 Å². The minimum Gasteiger partial charge on any atom is -0.350 e. The highest BCUT2D eigenvalue weighted by molar-refractivity contribution is 7.90. The van der Waals surface area contributed by atoms with Crippen LogP contribution in [0.5, 0.6) is 0 Å². The first-order chi connectivity index (χ1) is 16.5. The molecule has 0 aliphatic carbocycles. The number of nitrogens with zero attached hydrogens (tertiary/aromatic N) is 3. The molecule has 34 heavy (non-hydrogen) atoms. The van der Waals surface area contributed by atoms with Gasteiger partial charge in [0.1, 0.15) is 10.9 Å². The van der Waals surface area contributed by atoms with Crippen LogP contribution in [0, 0.1) is 0 Å². The maximum Gasteiger partial charge on any atom is 0.285 e. The molecule has 3 aliphatic heterocycles. The quantitative estimate of drug-likeness (QED) is 0.710. The summed E-state index contributed by atoms with van der Waals surface area (Å²) in [5.74, 6) is 0.307. The van der Waals surface area contributed by atoms with Crippen LogP contribution in [-0.4, -0.2) is 55.6 Å². The molecule has 0 bridgehead atoms.